The highest BCUT2D eigenvalue weighted by Crippen LogP contribution is 2.30. The van der Waals surface area contributed by atoms with E-state index in [2.05, 4.69) is 16.0 Å². The van der Waals surface area contributed by atoms with Crippen LogP contribution >= 0.6 is 0 Å². The molecule has 0 spiro atoms. The highest BCUT2D eigenvalue weighted by atomic mass is 16.6. The molecule has 0 heterocycles. The first-order chi connectivity index (χ1) is 11.7. The number of hydrogen-bond acceptors (Lipinski definition) is 4. The van der Waals surface area contributed by atoms with Gasteiger partial charge in [-0.2, -0.15) is 0 Å². The van der Waals surface area contributed by atoms with Crippen LogP contribution in [-0.2, 0) is 20.9 Å². The summed E-state index contributed by atoms with van der Waals surface area (Å²) < 4.78 is 5.06. The third-order valence-electron chi connectivity index (χ3n) is 3.42. The van der Waals surface area contributed by atoms with E-state index in [-0.39, 0.29) is 24.3 Å². The Labute approximate surface area is 147 Å². The van der Waals surface area contributed by atoms with Crippen molar-refractivity contribution in [2.75, 3.05) is 11.9 Å². The highest BCUT2D eigenvalue weighted by molar-refractivity contribution is 5.94. The number of benzene rings is 1. The number of hydrogen-bond donors (Lipinski definition) is 3. The van der Waals surface area contributed by atoms with E-state index in [1.54, 1.807) is 20.8 Å². The van der Waals surface area contributed by atoms with Gasteiger partial charge in [0.15, 0.2) is 0 Å². The van der Waals surface area contributed by atoms with E-state index in [9.17, 15) is 14.4 Å². The zero-order valence-electron chi connectivity index (χ0n) is 14.8. The van der Waals surface area contributed by atoms with Crippen LogP contribution in [0.25, 0.3) is 0 Å². The van der Waals surface area contributed by atoms with Crippen molar-refractivity contribution < 1.29 is 19.1 Å². The van der Waals surface area contributed by atoms with E-state index in [1.165, 1.54) is 0 Å². The van der Waals surface area contributed by atoms with Crippen LogP contribution in [0, 0.1) is 5.92 Å². The molecule has 0 radical (unpaired) electrons. The lowest BCUT2D eigenvalue weighted by molar-refractivity contribution is -0.120. The van der Waals surface area contributed by atoms with Gasteiger partial charge < -0.3 is 20.7 Å². The molecule has 0 atom stereocenters. The van der Waals surface area contributed by atoms with Gasteiger partial charge in [0.05, 0.1) is 0 Å². The molecule has 3 amide bonds. The standard InChI is InChI=1S/C18H25N3O4/c1-18(2,3)25-17(24)20-11-15(22)19-10-12-5-4-6-14(9-12)21-16(23)13-7-8-13/h4-6,9,13H,7-8,10-11H2,1-3H3,(H,19,22)(H,20,24)(H,21,23). The van der Waals surface area contributed by atoms with Crippen LogP contribution in [0.5, 0.6) is 0 Å². The quantitative estimate of drug-likeness (QED) is 0.735. The molecule has 0 aromatic heterocycles. The van der Waals surface area contributed by atoms with Crippen LogP contribution in [-0.4, -0.2) is 30.1 Å². The topological polar surface area (TPSA) is 96.5 Å². The minimum absolute atomic E-state index is 0.0442. The summed E-state index contributed by atoms with van der Waals surface area (Å²) in [5.41, 5.74) is 0.973. The van der Waals surface area contributed by atoms with Gasteiger partial charge in [-0.3, -0.25) is 9.59 Å². The Morgan fingerprint density at radius 1 is 1.16 bits per heavy atom. The summed E-state index contributed by atoms with van der Waals surface area (Å²) in [5.74, 6) is -0.136. The fraction of sp³-hybridized carbons (Fsp3) is 0.500. The Morgan fingerprint density at radius 3 is 2.52 bits per heavy atom. The molecule has 1 aliphatic rings. The van der Waals surface area contributed by atoms with Gasteiger partial charge >= 0.3 is 6.09 Å². The van der Waals surface area contributed by atoms with Gasteiger partial charge in [0.1, 0.15) is 12.1 Å². The lowest BCUT2D eigenvalue weighted by Gasteiger charge is -2.19. The molecule has 1 aromatic rings. The summed E-state index contributed by atoms with van der Waals surface area (Å²) in [6, 6.07) is 7.31. The van der Waals surface area contributed by atoms with Crippen LogP contribution in [0.2, 0.25) is 0 Å². The molecule has 1 aromatic carbocycles. The average Bonchev–Trinajstić information content (AvgIpc) is 3.34. The molecule has 1 aliphatic carbocycles. The minimum atomic E-state index is -0.632. The van der Waals surface area contributed by atoms with E-state index in [0.717, 1.165) is 24.1 Å². The first-order valence-electron chi connectivity index (χ1n) is 8.36. The maximum Gasteiger partial charge on any atom is 0.408 e. The van der Waals surface area contributed by atoms with Crippen molar-refractivity contribution in [3.05, 3.63) is 29.8 Å². The summed E-state index contributed by atoms with van der Waals surface area (Å²) in [4.78, 5) is 35.1. The monoisotopic (exact) mass is 347 g/mol. The van der Waals surface area contributed by atoms with Crippen molar-refractivity contribution in [1.29, 1.82) is 0 Å². The third kappa shape index (κ3) is 7.24. The Balaban J connectivity index is 1.73. The summed E-state index contributed by atoms with van der Waals surface area (Å²) in [5, 5.41) is 7.98. The van der Waals surface area contributed by atoms with E-state index in [1.807, 2.05) is 24.3 Å². The Bertz CT molecular complexity index is 648. The van der Waals surface area contributed by atoms with Crippen molar-refractivity contribution in [1.82, 2.24) is 10.6 Å². The molecule has 1 fully saturated rings. The Hall–Kier alpha value is -2.57. The SMILES string of the molecule is CC(C)(C)OC(=O)NCC(=O)NCc1cccc(NC(=O)C2CC2)c1. The van der Waals surface area contributed by atoms with E-state index < -0.39 is 11.7 Å². The zero-order valence-corrected chi connectivity index (χ0v) is 14.8. The molecule has 3 N–H and O–H groups in total. The number of anilines is 1. The summed E-state index contributed by atoms with van der Waals surface area (Å²) in [6.45, 7) is 5.40. The fourth-order valence-electron chi connectivity index (χ4n) is 2.08. The second-order valence-corrected chi connectivity index (χ2v) is 7.10. The van der Waals surface area contributed by atoms with Crippen LogP contribution in [0.15, 0.2) is 24.3 Å². The number of alkyl carbamates (subject to hydrolysis) is 1. The van der Waals surface area contributed by atoms with E-state index in [4.69, 9.17) is 4.74 Å². The molecule has 0 bridgehead atoms. The van der Waals surface area contributed by atoms with E-state index in [0.29, 0.717) is 6.54 Å². The molecule has 7 nitrogen and oxygen atoms in total. The second kappa shape index (κ2) is 8.00. The van der Waals surface area contributed by atoms with Gasteiger partial charge in [0, 0.05) is 18.2 Å². The maximum absolute atomic E-state index is 11.8. The highest BCUT2D eigenvalue weighted by Gasteiger charge is 2.29. The number of ether oxygens (including phenoxy) is 1. The molecule has 1 saturated carbocycles. The summed E-state index contributed by atoms with van der Waals surface area (Å²) in [7, 11) is 0. The molecule has 0 aliphatic heterocycles. The minimum Gasteiger partial charge on any atom is -0.444 e. The maximum atomic E-state index is 11.8. The van der Waals surface area contributed by atoms with Crippen LogP contribution in [0.4, 0.5) is 10.5 Å². The van der Waals surface area contributed by atoms with Gasteiger partial charge in [-0.1, -0.05) is 12.1 Å². The van der Waals surface area contributed by atoms with Gasteiger partial charge in [-0.05, 0) is 51.3 Å². The zero-order chi connectivity index (χ0) is 18.4. The predicted molar refractivity (Wildman–Crippen MR) is 93.9 cm³/mol. The number of rotatable bonds is 6. The average molecular weight is 347 g/mol. The lowest BCUT2D eigenvalue weighted by Crippen LogP contribution is -2.39. The first-order valence-corrected chi connectivity index (χ1v) is 8.36. The van der Waals surface area contributed by atoms with Crippen LogP contribution in [0.1, 0.15) is 39.2 Å². The van der Waals surface area contributed by atoms with Crippen molar-refractivity contribution in [2.24, 2.45) is 5.92 Å². The number of carbonyl (C=O) groups excluding carboxylic acids is 3. The molecule has 2 rings (SSSR count). The molecular formula is C18H25N3O4. The lowest BCUT2D eigenvalue weighted by atomic mass is 10.2. The molecular weight excluding hydrogens is 322 g/mol. The normalized spacial score (nSPS) is 13.7. The van der Waals surface area contributed by atoms with Crippen LogP contribution in [0.3, 0.4) is 0 Å². The summed E-state index contributed by atoms with van der Waals surface area (Å²) >= 11 is 0. The molecule has 7 heteroatoms. The number of amides is 3. The fourth-order valence-corrected chi connectivity index (χ4v) is 2.08. The largest absolute Gasteiger partial charge is 0.444 e. The molecule has 0 saturated heterocycles. The molecule has 0 unspecified atom stereocenters. The second-order valence-electron chi connectivity index (χ2n) is 7.10. The number of carbonyl (C=O) groups is 3. The van der Waals surface area contributed by atoms with Gasteiger partial charge in [-0.15, -0.1) is 0 Å². The van der Waals surface area contributed by atoms with Crippen LogP contribution < -0.4 is 16.0 Å². The first kappa shape index (κ1) is 18.8. The van der Waals surface area contributed by atoms with E-state index >= 15 is 0 Å². The molecule has 136 valence electrons. The Morgan fingerprint density at radius 2 is 1.88 bits per heavy atom. The Kier molecular flexibility index (Phi) is 6.01. The van der Waals surface area contributed by atoms with Gasteiger partial charge in [-0.25, -0.2) is 4.79 Å². The van der Waals surface area contributed by atoms with Crippen molar-refractivity contribution in [3.63, 3.8) is 0 Å². The smallest absolute Gasteiger partial charge is 0.408 e. The van der Waals surface area contributed by atoms with Crippen molar-refractivity contribution in [3.8, 4) is 0 Å². The van der Waals surface area contributed by atoms with Crippen molar-refractivity contribution >= 4 is 23.6 Å². The third-order valence-corrected chi connectivity index (χ3v) is 3.42. The van der Waals surface area contributed by atoms with Gasteiger partial charge in [0.2, 0.25) is 11.8 Å². The molecule has 25 heavy (non-hydrogen) atoms. The predicted octanol–water partition coefficient (Wildman–Crippen LogP) is 2.18. The van der Waals surface area contributed by atoms with Gasteiger partial charge in [0.25, 0.3) is 0 Å². The summed E-state index contributed by atoms with van der Waals surface area (Å²) in [6.07, 6.45) is 1.27. The van der Waals surface area contributed by atoms with Crippen molar-refractivity contribution in [2.45, 2.75) is 45.8 Å². The number of nitrogens with one attached hydrogen (secondary N) is 3.